The van der Waals surface area contributed by atoms with Gasteiger partial charge in [0.05, 0.1) is 5.52 Å². The van der Waals surface area contributed by atoms with Crippen molar-refractivity contribution >= 4 is 28.6 Å². The first-order chi connectivity index (χ1) is 21.0. The normalized spacial score (nSPS) is 14.2. The number of hydrogen-bond donors (Lipinski definition) is 0. The first-order valence-electron chi connectivity index (χ1n) is 14.7. The Morgan fingerprint density at radius 1 is 1.14 bits per heavy atom. The van der Waals surface area contributed by atoms with Gasteiger partial charge < -0.3 is 19.1 Å². The molecule has 0 atom stereocenters. The summed E-state index contributed by atoms with van der Waals surface area (Å²) in [5, 5.41) is 4.71. The number of aromatic nitrogens is 4. The van der Waals surface area contributed by atoms with E-state index < -0.39 is 29.1 Å². The van der Waals surface area contributed by atoms with E-state index in [0.717, 1.165) is 31.5 Å². The van der Waals surface area contributed by atoms with Gasteiger partial charge in [-0.25, -0.2) is 18.7 Å². The summed E-state index contributed by atoms with van der Waals surface area (Å²) in [6, 6.07) is 7.28. The Balaban J connectivity index is 1.36. The van der Waals surface area contributed by atoms with Gasteiger partial charge in [-0.2, -0.15) is 4.98 Å². The van der Waals surface area contributed by atoms with Crippen LogP contribution in [0.4, 0.5) is 14.6 Å². The van der Waals surface area contributed by atoms with E-state index in [1.807, 2.05) is 0 Å². The van der Waals surface area contributed by atoms with E-state index in [9.17, 15) is 9.59 Å². The second-order valence-electron chi connectivity index (χ2n) is 11.7. The third-order valence-corrected chi connectivity index (χ3v) is 7.82. The molecular formula is C32H36F2N6O4. The Morgan fingerprint density at radius 2 is 1.89 bits per heavy atom. The topological polar surface area (TPSA) is 115 Å². The van der Waals surface area contributed by atoms with Crippen LogP contribution in [0.25, 0.3) is 22.0 Å². The minimum absolute atomic E-state index is 0.0500. The number of esters is 1. The van der Waals surface area contributed by atoms with Crippen LogP contribution in [0.15, 0.2) is 41.2 Å². The summed E-state index contributed by atoms with van der Waals surface area (Å²) in [4.78, 5) is 41.1. The van der Waals surface area contributed by atoms with Crippen LogP contribution in [-0.4, -0.2) is 62.6 Å². The lowest BCUT2D eigenvalue weighted by Crippen LogP contribution is -2.45. The summed E-state index contributed by atoms with van der Waals surface area (Å²) in [6.45, 7) is 7.54. The number of likely N-dealkylation sites (N-methyl/N-ethyl adjacent to an activating group) is 1. The van der Waals surface area contributed by atoms with Gasteiger partial charge in [-0.15, -0.1) is 0 Å². The van der Waals surface area contributed by atoms with E-state index in [1.165, 1.54) is 57.2 Å². The van der Waals surface area contributed by atoms with E-state index in [2.05, 4.69) is 31.9 Å². The number of fused-ring (bicyclic) bond motifs is 1. The number of ether oxygens (including phenoxy) is 1. The minimum atomic E-state index is -1.39. The maximum Gasteiger partial charge on any atom is 0.303 e. The number of carbonyl (C=O) groups is 2. The molecule has 12 heteroatoms. The molecule has 1 aliphatic rings. The molecule has 0 N–H and O–H groups in total. The van der Waals surface area contributed by atoms with E-state index >= 15 is 8.78 Å². The number of aryl methyl sites for hydroxylation is 1. The predicted octanol–water partition coefficient (Wildman–Crippen LogP) is 5.59. The number of halogens is 2. The van der Waals surface area contributed by atoms with Gasteiger partial charge in [0, 0.05) is 62.5 Å². The molecule has 5 rings (SSSR count). The smallest absolute Gasteiger partial charge is 0.303 e. The van der Waals surface area contributed by atoms with Gasteiger partial charge in [0.1, 0.15) is 23.8 Å². The second-order valence-corrected chi connectivity index (χ2v) is 11.7. The number of hydrogen-bond acceptors (Lipinski definition) is 9. The van der Waals surface area contributed by atoms with Crippen LogP contribution in [0.5, 0.6) is 0 Å². The fourth-order valence-corrected chi connectivity index (χ4v) is 5.72. The monoisotopic (exact) mass is 606 g/mol. The van der Waals surface area contributed by atoms with Crippen molar-refractivity contribution in [2.24, 2.45) is 0 Å². The molecule has 4 aromatic rings. The van der Waals surface area contributed by atoms with Crippen LogP contribution in [0.3, 0.4) is 0 Å². The Kier molecular flexibility index (Phi) is 8.89. The molecule has 44 heavy (non-hydrogen) atoms. The standard InChI is InChI=1S/C32H36F2N6O4/c1-6-7-27-37-29(38-44-27)20-10-12-40(13-11-20)30-25-16-23(33)15-24(28(25)35-18-36-30)21-8-9-22(26(34)14-21)17-39(5)31(42)32(3,4)43-19(2)41/h8-9,14-16,18,20H,6-7,10-13,17H2,1-5H3. The number of piperidine rings is 1. The number of nitrogens with zero attached hydrogens (tertiary/aromatic N) is 6. The fourth-order valence-electron chi connectivity index (χ4n) is 5.72. The average Bonchev–Trinajstić information content (AvgIpc) is 3.45. The number of carbonyl (C=O) groups excluding carboxylic acids is 2. The summed E-state index contributed by atoms with van der Waals surface area (Å²) in [5.74, 6) is 0.0492. The van der Waals surface area contributed by atoms with Crippen molar-refractivity contribution in [3.8, 4) is 11.1 Å². The van der Waals surface area contributed by atoms with E-state index in [-0.39, 0.29) is 18.0 Å². The molecule has 0 radical (unpaired) electrons. The maximum atomic E-state index is 15.4. The lowest BCUT2D eigenvalue weighted by Gasteiger charge is -2.32. The molecule has 3 heterocycles. The largest absolute Gasteiger partial charge is 0.450 e. The Hall–Kier alpha value is -4.48. The third kappa shape index (κ3) is 6.53. The van der Waals surface area contributed by atoms with Gasteiger partial charge in [0.2, 0.25) is 5.89 Å². The average molecular weight is 607 g/mol. The van der Waals surface area contributed by atoms with Gasteiger partial charge in [0.15, 0.2) is 11.4 Å². The van der Waals surface area contributed by atoms with Crippen molar-refractivity contribution in [3.05, 3.63) is 65.6 Å². The van der Waals surface area contributed by atoms with Crippen molar-refractivity contribution in [1.82, 2.24) is 25.0 Å². The van der Waals surface area contributed by atoms with E-state index in [0.29, 0.717) is 46.8 Å². The summed E-state index contributed by atoms with van der Waals surface area (Å²) < 4.78 is 40.9. The lowest BCUT2D eigenvalue weighted by atomic mass is 9.95. The second kappa shape index (κ2) is 12.6. The molecule has 1 saturated heterocycles. The molecule has 1 fully saturated rings. The minimum Gasteiger partial charge on any atom is -0.450 e. The highest BCUT2D eigenvalue weighted by Gasteiger charge is 2.34. The molecule has 2 aromatic carbocycles. The van der Waals surface area contributed by atoms with E-state index in [1.54, 1.807) is 12.1 Å². The van der Waals surface area contributed by atoms with Crippen molar-refractivity contribution in [3.63, 3.8) is 0 Å². The Morgan fingerprint density at radius 3 is 2.57 bits per heavy atom. The fraction of sp³-hybridized carbons (Fsp3) is 0.438. The zero-order chi connectivity index (χ0) is 31.6. The molecule has 10 nitrogen and oxygen atoms in total. The molecule has 0 unspecified atom stereocenters. The molecule has 0 bridgehead atoms. The quantitative estimate of drug-likeness (QED) is 0.225. The highest BCUT2D eigenvalue weighted by Crippen LogP contribution is 2.36. The summed E-state index contributed by atoms with van der Waals surface area (Å²) >= 11 is 0. The van der Waals surface area contributed by atoms with Crippen LogP contribution in [-0.2, 0) is 27.3 Å². The number of amides is 1. The molecule has 1 aliphatic heterocycles. The molecular weight excluding hydrogens is 570 g/mol. The lowest BCUT2D eigenvalue weighted by molar-refractivity contribution is -0.168. The van der Waals surface area contributed by atoms with Crippen molar-refractivity contribution in [2.75, 3.05) is 25.0 Å². The third-order valence-electron chi connectivity index (χ3n) is 7.82. The number of benzene rings is 2. The first kappa shape index (κ1) is 31.0. The summed E-state index contributed by atoms with van der Waals surface area (Å²) in [5.41, 5.74) is 0.233. The van der Waals surface area contributed by atoms with Gasteiger partial charge in [-0.1, -0.05) is 24.2 Å². The zero-order valence-electron chi connectivity index (χ0n) is 25.6. The van der Waals surface area contributed by atoms with Crippen molar-refractivity contribution in [2.45, 2.75) is 71.4 Å². The van der Waals surface area contributed by atoms with Crippen LogP contribution < -0.4 is 4.90 Å². The Labute approximate surface area is 254 Å². The molecule has 2 aromatic heterocycles. The molecule has 1 amide bonds. The highest BCUT2D eigenvalue weighted by molar-refractivity contribution is 5.99. The molecule has 0 aliphatic carbocycles. The predicted molar refractivity (Wildman–Crippen MR) is 160 cm³/mol. The van der Waals surface area contributed by atoms with Crippen LogP contribution in [0.1, 0.15) is 70.2 Å². The maximum absolute atomic E-state index is 15.4. The van der Waals surface area contributed by atoms with Crippen molar-refractivity contribution < 1.29 is 27.6 Å². The van der Waals surface area contributed by atoms with Gasteiger partial charge in [-0.05, 0) is 56.9 Å². The SMILES string of the molecule is CCCc1nc(C2CCN(c3ncnc4c(-c5ccc(CN(C)C(=O)C(C)(C)OC(C)=O)c(F)c5)cc(F)cc34)CC2)no1. The van der Waals surface area contributed by atoms with Crippen LogP contribution >= 0.6 is 0 Å². The van der Waals surface area contributed by atoms with Gasteiger partial charge in [0.25, 0.3) is 5.91 Å². The number of anilines is 1. The summed E-state index contributed by atoms with van der Waals surface area (Å²) in [7, 11) is 1.51. The molecule has 0 spiro atoms. The van der Waals surface area contributed by atoms with Crippen LogP contribution in [0.2, 0.25) is 0 Å². The van der Waals surface area contributed by atoms with Gasteiger partial charge in [-0.3, -0.25) is 9.59 Å². The number of rotatable bonds is 9. The summed E-state index contributed by atoms with van der Waals surface area (Å²) in [6.07, 6.45) is 4.72. The van der Waals surface area contributed by atoms with Crippen molar-refractivity contribution in [1.29, 1.82) is 0 Å². The first-order valence-corrected chi connectivity index (χ1v) is 14.7. The molecule has 232 valence electrons. The zero-order valence-corrected chi connectivity index (χ0v) is 25.6. The van der Waals surface area contributed by atoms with Crippen LogP contribution in [0, 0.1) is 11.6 Å². The molecule has 0 saturated carbocycles. The van der Waals surface area contributed by atoms with E-state index in [4.69, 9.17) is 9.26 Å². The van der Waals surface area contributed by atoms with Gasteiger partial charge >= 0.3 is 5.97 Å². The Bertz CT molecular complexity index is 1680. The highest BCUT2D eigenvalue weighted by atomic mass is 19.1.